The quantitative estimate of drug-likeness (QED) is 0.474. The second-order valence-corrected chi connectivity index (χ2v) is 8.27. The molecule has 0 spiro atoms. The molecule has 0 saturated carbocycles. The smallest absolute Gasteiger partial charge is 0.291 e. The molecular formula is C26H18FNO7. The lowest BCUT2D eigenvalue weighted by Crippen LogP contribution is -2.29. The number of nitrogens with zero attached hydrogens (tertiary/aromatic N) is 1. The molecule has 0 saturated heterocycles. The Kier molecular flexibility index (Phi) is 4.67. The maximum atomic E-state index is 14.0. The molecule has 1 amide bonds. The fraction of sp³-hybridized carbons (Fsp3) is 0.154. The summed E-state index contributed by atoms with van der Waals surface area (Å²) in [5, 5.41) is 10.1. The molecule has 3 aromatic carbocycles. The van der Waals surface area contributed by atoms with Crippen LogP contribution in [0.4, 0.5) is 4.39 Å². The van der Waals surface area contributed by atoms with Gasteiger partial charge in [-0.05, 0) is 53.6 Å². The summed E-state index contributed by atoms with van der Waals surface area (Å²) in [6.07, 6.45) is 0. The first-order valence-electron chi connectivity index (χ1n) is 10.8. The van der Waals surface area contributed by atoms with Crippen LogP contribution in [-0.2, 0) is 6.54 Å². The normalized spacial score (nSPS) is 16.1. The molecular weight excluding hydrogens is 457 g/mol. The first-order chi connectivity index (χ1) is 16.9. The lowest BCUT2D eigenvalue weighted by Gasteiger charge is -2.25. The van der Waals surface area contributed by atoms with Crippen LogP contribution in [0.3, 0.4) is 0 Å². The molecule has 2 aliphatic rings. The molecule has 1 atom stereocenters. The maximum absolute atomic E-state index is 14.0. The van der Waals surface area contributed by atoms with Crippen LogP contribution in [0.1, 0.15) is 33.3 Å². The summed E-state index contributed by atoms with van der Waals surface area (Å²) in [5.41, 5.74) is 0.987. The Morgan fingerprint density at radius 2 is 1.89 bits per heavy atom. The summed E-state index contributed by atoms with van der Waals surface area (Å²) in [6, 6.07) is 12.7. The van der Waals surface area contributed by atoms with Gasteiger partial charge >= 0.3 is 0 Å². The molecule has 9 heteroatoms. The van der Waals surface area contributed by atoms with E-state index >= 15 is 0 Å². The molecule has 0 bridgehead atoms. The van der Waals surface area contributed by atoms with Gasteiger partial charge in [-0.2, -0.15) is 0 Å². The van der Waals surface area contributed by atoms with Crippen LogP contribution in [0.5, 0.6) is 23.0 Å². The molecule has 1 unspecified atom stereocenters. The highest BCUT2D eigenvalue weighted by molar-refractivity contribution is 5.99. The van der Waals surface area contributed by atoms with E-state index in [1.165, 1.54) is 30.2 Å². The van der Waals surface area contributed by atoms with Crippen LogP contribution in [0.15, 0.2) is 63.8 Å². The summed E-state index contributed by atoms with van der Waals surface area (Å²) in [5.74, 6) is 0.0807. The zero-order valence-electron chi connectivity index (χ0n) is 18.4. The minimum Gasteiger partial charge on any atom is -0.504 e. The van der Waals surface area contributed by atoms with Gasteiger partial charge < -0.3 is 28.6 Å². The minimum absolute atomic E-state index is 0.0391. The van der Waals surface area contributed by atoms with E-state index in [1.807, 2.05) is 0 Å². The van der Waals surface area contributed by atoms with Crippen molar-refractivity contribution < 1.29 is 32.9 Å². The number of fused-ring (bicyclic) bond motifs is 3. The third-order valence-corrected chi connectivity index (χ3v) is 6.24. The van der Waals surface area contributed by atoms with Crippen molar-refractivity contribution >= 4 is 16.9 Å². The van der Waals surface area contributed by atoms with Crippen molar-refractivity contribution in [2.45, 2.75) is 12.6 Å². The van der Waals surface area contributed by atoms with Gasteiger partial charge in [-0.15, -0.1) is 0 Å². The number of hydrogen-bond acceptors (Lipinski definition) is 7. The van der Waals surface area contributed by atoms with Crippen molar-refractivity contribution in [2.24, 2.45) is 0 Å². The van der Waals surface area contributed by atoms with E-state index < -0.39 is 23.2 Å². The van der Waals surface area contributed by atoms with Gasteiger partial charge in [-0.1, -0.05) is 12.1 Å². The van der Waals surface area contributed by atoms with Gasteiger partial charge in [0.25, 0.3) is 5.91 Å². The Balaban J connectivity index is 1.54. The number of carbonyl (C=O) groups is 1. The first kappa shape index (κ1) is 21.0. The number of halogens is 1. The number of aromatic hydroxyl groups is 1. The predicted molar refractivity (Wildman–Crippen MR) is 121 cm³/mol. The molecule has 0 aliphatic carbocycles. The lowest BCUT2D eigenvalue weighted by atomic mass is 9.97. The van der Waals surface area contributed by atoms with Gasteiger partial charge in [0.05, 0.1) is 24.1 Å². The van der Waals surface area contributed by atoms with E-state index in [9.17, 15) is 19.1 Å². The topological polar surface area (TPSA) is 98.4 Å². The number of hydrogen-bond donors (Lipinski definition) is 1. The van der Waals surface area contributed by atoms with Crippen LogP contribution in [0, 0.1) is 5.82 Å². The zero-order chi connectivity index (χ0) is 24.3. The molecule has 6 rings (SSSR count). The molecule has 3 heterocycles. The van der Waals surface area contributed by atoms with Gasteiger partial charge in [0, 0.05) is 6.54 Å². The summed E-state index contributed by atoms with van der Waals surface area (Å²) in [4.78, 5) is 28.6. The number of phenols is 1. The maximum Gasteiger partial charge on any atom is 0.291 e. The number of phenolic OH excluding ortho intramolecular Hbond substituents is 1. The van der Waals surface area contributed by atoms with E-state index in [4.69, 9.17) is 18.6 Å². The van der Waals surface area contributed by atoms with E-state index in [-0.39, 0.29) is 47.1 Å². The molecule has 8 nitrogen and oxygen atoms in total. The molecule has 2 aliphatic heterocycles. The van der Waals surface area contributed by atoms with Gasteiger partial charge in [0.15, 0.2) is 28.4 Å². The standard InChI is InChI=1S/C26H18FNO7/c1-32-20-9-14(3-5-17(20)29)23-22-24(30)16-10-15(27)4-7-18(16)35-25(22)26(31)28(23)11-13-2-6-19-21(8-13)34-12-33-19/h2-10,23,29H,11-12H2,1H3. The van der Waals surface area contributed by atoms with Crippen LogP contribution in [-0.4, -0.2) is 29.8 Å². The van der Waals surface area contributed by atoms with Crippen molar-refractivity contribution in [2.75, 3.05) is 13.9 Å². The fourth-order valence-corrected chi connectivity index (χ4v) is 4.60. The molecule has 4 aromatic rings. The fourth-order valence-electron chi connectivity index (χ4n) is 4.60. The third-order valence-electron chi connectivity index (χ3n) is 6.24. The summed E-state index contributed by atoms with van der Waals surface area (Å²) >= 11 is 0. The van der Waals surface area contributed by atoms with Crippen LogP contribution >= 0.6 is 0 Å². The molecule has 1 aromatic heterocycles. The second kappa shape index (κ2) is 7.76. The van der Waals surface area contributed by atoms with Gasteiger partial charge in [0.2, 0.25) is 12.6 Å². The summed E-state index contributed by atoms with van der Waals surface area (Å²) < 4.78 is 35.9. The van der Waals surface area contributed by atoms with Crippen molar-refractivity contribution in [3.05, 3.63) is 93.1 Å². The second-order valence-electron chi connectivity index (χ2n) is 8.27. The average molecular weight is 475 g/mol. The predicted octanol–water partition coefficient (Wildman–Crippen LogP) is 4.12. The van der Waals surface area contributed by atoms with E-state index in [0.717, 1.165) is 11.6 Å². The van der Waals surface area contributed by atoms with Crippen LogP contribution in [0.2, 0.25) is 0 Å². The molecule has 1 N–H and O–H groups in total. The number of carbonyl (C=O) groups excluding carboxylic acids is 1. The number of methoxy groups -OCH3 is 1. The van der Waals surface area contributed by atoms with Crippen LogP contribution in [0.25, 0.3) is 11.0 Å². The van der Waals surface area contributed by atoms with E-state index in [2.05, 4.69) is 0 Å². The average Bonchev–Trinajstić information content (AvgIpc) is 3.43. The summed E-state index contributed by atoms with van der Waals surface area (Å²) in [7, 11) is 1.40. The Morgan fingerprint density at radius 3 is 2.71 bits per heavy atom. The van der Waals surface area contributed by atoms with E-state index in [1.54, 1.807) is 30.3 Å². The number of benzene rings is 3. The highest BCUT2D eigenvalue weighted by Gasteiger charge is 2.43. The number of ether oxygens (including phenoxy) is 3. The Morgan fingerprint density at radius 1 is 1.06 bits per heavy atom. The largest absolute Gasteiger partial charge is 0.504 e. The van der Waals surface area contributed by atoms with Crippen LogP contribution < -0.4 is 19.6 Å². The van der Waals surface area contributed by atoms with Crippen molar-refractivity contribution in [1.82, 2.24) is 4.90 Å². The summed E-state index contributed by atoms with van der Waals surface area (Å²) in [6.45, 7) is 0.238. The molecule has 0 fully saturated rings. The SMILES string of the molecule is COc1cc(C2c3c(oc4ccc(F)cc4c3=O)C(=O)N2Cc2ccc3c(c2)OCO3)ccc1O. The number of amides is 1. The van der Waals surface area contributed by atoms with Crippen molar-refractivity contribution in [3.63, 3.8) is 0 Å². The zero-order valence-corrected chi connectivity index (χ0v) is 18.4. The lowest BCUT2D eigenvalue weighted by molar-refractivity contribution is 0.0714. The Labute approximate surface area is 197 Å². The monoisotopic (exact) mass is 475 g/mol. The highest BCUT2D eigenvalue weighted by Crippen LogP contribution is 2.42. The Bertz CT molecular complexity index is 1580. The van der Waals surface area contributed by atoms with Gasteiger partial charge in [-0.3, -0.25) is 9.59 Å². The van der Waals surface area contributed by atoms with Gasteiger partial charge in [-0.25, -0.2) is 4.39 Å². The molecule has 176 valence electrons. The van der Waals surface area contributed by atoms with Crippen molar-refractivity contribution in [1.29, 1.82) is 0 Å². The third kappa shape index (κ3) is 3.27. The molecule has 35 heavy (non-hydrogen) atoms. The number of rotatable bonds is 4. The highest BCUT2D eigenvalue weighted by atomic mass is 19.1. The van der Waals surface area contributed by atoms with Gasteiger partial charge in [0.1, 0.15) is 11.4 Å². The van der Waals surface area contributed by atoms with Crippen molar-refractivity contribution in [3.8, 4) is 23.0 Å². The molecule has 0 radical (unpaired) electrons. The Hall–Kier alpha value is -4.53. The van der Waals surface area contributed by atoms with E-state index in [0.29, 0.717) is 17.1 Å². The first-order valence-corrected chi connectivity index (χ1v) is 10.8. The minimum atomic E-state index is -0.860.